The minimum Gasteiger partial charge on any atom is -0.480 e. The van der Waals surface area contributed by atoms with E-state index in [2.05, 4.69) is 4.90 Å². The van der Waals surface area contributed by atoms with E-state index < -0.39 is 12.0 Å². The number of carboxylic acid groups (broad SMARTS) is 1. The number of urea groups is 1. The van der Waals surface area contributed by atoms with Crippen molar-refractivity contribution < 1.29 is 14.7 Å². The van der Waals surface area contributed by atoms with Gasteiger partial charge < -0.3 is 19.8 Å². The van der Waals surface area contributed by atoms with Crippen LogP contribution < -0.4 is 0 Å². The highest BCUT2D eigenvalue weighted by atomic mass is 16.4. The number of amides is 2. The predicted octanol–water partition coefficient (Wildman–Crippen LogP) is 0.539. The van der Waals surface area contributed by atoms with Gasteiger partial charge in [-0.3, -0.25) is 0 Å². The summed E-state index contributed by atoms with van der Waals surface area (Å²) >= 11 is 0. The van der Waals surface area contributed by atoms with Crippen LogP contribution in [0.5, 0.6) is 0 Å². The Morgan fingerprint density at radius 1 is 1.28 bits per heavy atom. The first-order valence-corrected chi connectivity index (χ1v) is 6.32. The third-order valence-electron chi connectivity index (χ3n) is 3.21. The third-order valence-corrected chi connectivity index (χ3v) is 3.21. The standard InChI is InChI=1S/C12H23N3O3/c1-13(2)7-5-8-14(3)12(18)15-9-4-6-10(15)11(16)17/h10H,4-9H2,1-3H3,(H,16,17). The van der Waals surface area contributed by atoms with Crippen LogP contribution in [-0.2, 0) is 4.79 Å². The lowest BCUT2D eigenvalue weighted by Crippen LogP contribution is -2.47. The largest absolute Gasteiger partial charge is 0.480 e. The highest BCUT2D eigenvalue weighted by Gasteiger charge is 2.35. The van der Waals surface area contributed by atoms with E-state index in [1.54, 1.807) is 11.9 Å². The molecule has 0 aromatic carbocycles. The van der Waals surface area contributed by atoms with Gasteiger partial charge in [0.05, 0.1) is 0 Å². The van der Waals surface area contributed by atoms with Crippen molar-refractivity contribution in [3.05, 3.63) is 0 Å². The van der Waals surface area contributed by atoms with Crippen LogP contribution >= 0.6 is 0 Å². The molecule has 0 bridgehead atoms. The van der Waals surface area contributed by atoms with Gasteiger partial charge in [-0.05, 0) is 39.9 Å². The molecule has 0 radical (unpaired) electrons. The first-order valence-electron chi connectivity index (χ1n) is 6.32. The van der Waals surface area contributed by atoms with Crippen molar-refractivity contribution in [3.63, 3.8) is 0 Å². The van der Waals surface area contributed by atoms with Gasteiger partial charge in [0.1, 0.15) is 6.04 Å². The molecule has 1 fully saturated rings. The van der Waals surface area contributed by atoms with Crippen molar-refractivity contribution in [2.45, 2.75) is 25.3 Å². The Hall–Kier alpha value is -1.30. The predicted molar refractivity (Wildman–Crippen MR) is 68.6 cm³/mol. The minimum atomic E-state index is -0.900. The molecular formula is C12H23N3O3. The van der Waals surface area contributed by atoms with E-state index >= 15 is 0 Å². The van der Waals surface area contributed by atoms with Gasteiger partial charge in [0.15, 0.2) is 0 Å². The summed E-state index contributed by atoms with van der Waals surface area (Å²) < 4.78 is 0. The van der Waals surface area contributed by atoms with Crippen LogP contribution in [0.1, 0.15) is 19.3 Å². The molecule has 0 aromatic rings. The summed E-state index contributed by atoms with van der Waals surface area (Å²) in [4.78, 5) is 28.3. The average Bonchev–Trinajstić information content (AvgIpc) is 2.76. The molecule has 1 N–H and O–H groups in total. The molecule has 0 aromatic heterocycles. The maximum absolute atomic E-state index is 12.1. The number of carbonyl (C=O) groups is 2. The van der Waals surface area contributed by atoms with Gasteiger partial charge in [-0.15, -0.1) is 0 Å². The third kappa shape index (κ3) is 3.87. The number of aliphatic carboxylic acids is 1. The summed E-state index contributed by atoms with van der Waals surface area (Å²) in [6.07, 6.45) is 2.22. The molecule has 1 saturated heterocycles. The Morgan fingerprint density at radius 3 is 2.50 bits per heavy atom. The van der Waals surface area contributed by atoms with Gasteiger partial charge in [0.2, 0.25) is 0 Å². The number of carbonyl (C=O) groups excluding carboxylic acids is 1. The molecule has 6 heteroatoms. The van der Waals surface area contributed by atoms with Gasteiger partial charge >= 0.3 is 12.0 Å². The number of hydrogen-bond donors (Lipinski definition) is 1. The van der Waals surface area contributed by atoms with E-state index in [9.17, 15) is 9.59 Å². The molecule has 1 aliphatic heterocycles. The highest BCUT2D eigenvalue weighted by molar-refractivity contribution is 5.83. The summed E-state index contributed by atoms with van der Waals surface area (Å²) in [7, 11) is 5.71. The van der Waals surface area contributed by atoms with Crippen LogP contribution in [0.2, 0.25) is 0 Å². The van der Waals surface area contributed by atoms with Crippen LogP contribution in [0.25, 0.3) is 0 Å². The molecule has 0 spiro atoms. The van der Waals surface area contributed by atoms with E-state index in [0.717, 1.165) is 19.4 Å². The second-order valence-electron chi connectivity index (χ2n) is 5.05. The SMILES string of the molecule is CN(C)CCCN(C)C(=O)N1CCCC1C(=O)O. The Bertz CT molecular complexity index is 307. The molecule has 1 heterocycles. The van der Waals surface area contributed by atoms with Crippen molar-refractivity contribution in [3.8, 4) is 0 Å². The first kappa shape index (κ1) is 14.8. The van der Waals surface area contributed by atoms with Crippen LogP contribution in [0.4, 0.5) is 4.79 Å². The minimum absolute atomic E-state index is 0.168. The van der Waals surface area contributed by atoms with Crippen molar-refractivity contribution in [1.29, 1.82) is 0 Å². The number of carboxylic acids is 1. The topological polar surface area (TPSA) is 64.1 Å². The van der Waals surface area contributed by atoms with E-state index in [-0.39, 0.29) is 6.03 Å². The van der Waals surface area contributed by atoms with Crippen molar-refractivity contribution in [2.75, 3.05) is 40.8 Å². The number of likely N-dealkylation sites (tertiary alicyclic amines) is 1. The fraction of sp³-hybridized carbons (Fsp3) is 0.833. The zero-order valence-electron chi connectivity index (χ0n) is 11.4. The van der Waals surface area contributed by atoms with Crippen molar-refractivity contribution >= 4 is 12.0 Å². The Morgan fingerprint density at radius 2 is 1.94 bits per heavy atom. The summed E-state index contributed by atoms with van der Waals surface area (Å²) in [5.41, 5.74) is 0. The quantitative estimate of drug-likeness (QED) is 0.780. The second-order valence-corrected chi connectivity index (χ2v) is 5.05. The van der Waals surface area contributed by atoms with Crippen LogP contribution in [0.3, 0.4) is 0 Å². The molecule has 0 saturated carbocycles. The van der Waals surface area contributed by atoms with Crippen molar-refractivity contribution in [1.82, 2.24) is 14.7 Å². The average molecular weight is 257 g/mol. The summed E-state index contributed by atoms with van der Waals surface area (Å²) in [6.45, 7) is 2.12. The molecule has 0 aliphatic carbocycles. The number of rotatable bonds is 5. The lowest BCUT2D eigenvalue weighted by Gasteiger charge is -2.27. The maximum atomic E-state index is 12.1. The van der Waals surface area contributed by atoms with Gasteiger partial charge in [0, 0.05) is 20.1 Å². The van der Waals surface area contributed by atoms with Gasteiger partial charge in [-0.1, -0.05) is 0 Å². The molecule has 1 rings (SSSR count). The fourth-order valence-electron chi connectivity index (χ4n) is 2.19. The summed E-state index contributed by atoms with van der Waals surface area (Å²) in [5, 5.41) is 9.04. The number of nitrogens with zero attached hydrogens (tertiary/aromatic N) is 3. The van der Waals surface area contributed by atoms with Crippen LogP contribution in [0.15, 0.2) is 0 Å². The van der Waals surface area contributed by atoms with Crippen LogP contribution in [-0.4, -0.2) is 78.6 Å². The smallest absolute Gasteiger partial charge is 0.326 e. The molecule has 6 nitrogen and oxygen atoms in total. The molecule has 1 atom stereocenters. The zero-order valence-corrected chi connectivity index (χ0v) is 11.4. The first-order chi connectivity index (χ1) is 8.43. The van der Waals surface area contributed by atoms with E-state index in [1.807, 2.05) is 14.1 Å². The van der Waals surface area contributed by atoms with Crippen LogP contribution in [0, 0.1) is 0 Å². The maximum Gasteiger partial charge on any atom is 0.326 e. The Kier molecular flexibility index (Phi) is 5.40. The normalized spacial score (nSPS) is 19.3. The highest BCUT2D eigenvalue weighted by Crippen LogP contribution is 2.18. The second kappa shape index (κ2) is 6.58. The van der Waals surface area contributed by atoms with E-state index in [0.29, 0.717) is 19.5 Å². The fourth-order valence-corrected chi connectivity index (χ4v) is 2.19. The molecule has 1 aliphatic rings. The molecular weight excluding hydrogens is 234 g/mol. The van der Waals surface area contributed by atoms with Gasteiger partial charge in [-0.25, -0.2) is 9.59 Å². The zero-order chi connectivity index (χ0) is 13.7. The molecule has 104 valence electrons. The lowest BCUT2D eigenvalue weighted by molar-refractivity contribution is -0.141. The monoisotopic (exact) mass is 257 g/mol. The van der Waals surface area contributed by atoms with Crippen molar-refractivity contribution in [2.24, 2.45) is 0 Å². The Balaban J connectivity index is 2.45. The summed E-state index contributed by atoms with van der Waals surface area (Å²) in [6, 6.07) is -0.813. The van der Waals surface area contributed by atoms with E-state index in [1.165, 1.54) is 4.90 Å². The van der Waals surface area contributed by atoms with Gasteiger partial charge in [0.25, 0.3) is 0 Å². The number of hydrogen-bond acceptors (Lipinski definition) is 3. The summed E-state index contributed by atoms with van der Waals surface area (Å²) in [5.74, 6) is -0.900. The van der Waals surface area contributed by atoms with E-state index in [4.69, 9.17) is 5.11 Å². The molecule has 18 heavy (non-hydrogen) atoms. The lowest BCUT2D eigenvalue weighted by atomic mass is 10.2. The van der Waals surface area contributed by atoms with Gasteiger partial charge in [-0.2, -0.15) is 0 Å². The molecule has 2 amide bonds. The Labute approximate surface area is 108 Å². The molecule has 1 unspecified atom stereocenters.